The van der Waals surface area contributed by atoms with Crippen LogP contribution in [0.1, 0.15) is 35.8 Å². The third-order valence-corrected chi connectivity index (χ3v) is 5.47. The van der Waals surface area contributed by atoms with Gasteiger partial charge >= 0.3 is 0 Å². The fraction of sp³-hybridized carbons (Fsp3) is 0.318. The van der Waals surface area contributed by atoms with Crippen molar-refractivity contribution in [3.8, 4) is 5.75 Å². The van der Waals surface area contributed by atoms with Crippen LogP contribution >= 0.6 is 11.6 Å². The minimum Gasteiger partial charge on any atom is -0.493 e. The number of benzene rings is 2. The lowest BCUT2D eigenvalue weighted by Gasteiger charge is -2.18. The maximum absolute atomic E-state index is 13.2. The minimum absolute atomic E-state index is 0.0817. The van der Waals surface area contributed by atoms with Gasteiger partial charge in [0.25, 0.3) is 5.91 Å². The zero-order valence-electron chi connectivity index (χ0n) is 15.5. The van der Waals surface area contributed by atoms with E-state index < -0.39 is 0 Å². The summed E-state index contributed by atoms with van der Waals surface area (Å²) < 4.78 is 7.87. The van der Waals surface area contributed by atoms with Crippen LogP contribution < -0.4 is 4.74 Å². The quantitative estimate of drug-likeness (QED) is 0.623. The molecule has 0 radical (unpaired) electrons. The summed E-state index contributed by atoms with van der Waals surface area (Å²) in [5, 5.41) is 1.67. The molecule has 0 spiro atoms. The Morgan fingerprint density at radius 3 is 2.63 bits per heavy atom. The first-order chi connectivity index (χ1) is 13.2. The summed E-state index contributed by atoms with van der Waals surface area (Å²) in [7, 11) is 0. The summed E-state index contributed by atoms with van der Waals surface area (Å²) >= 11 is 6.40. The van der Waals surface area contributed by atoms with E-state index in [1.165, 1.54) is 0 Å². The molecule has 2 heterocycles. The highest BCUT2D eigenvalue weighted by molar-refractivity contribution is 6.31. The third-order valence-electron chi connectivity index (χ3n) is 5.10. The molecule has 4 nitrogen and oxygen atoms in total. The fourth-order valence-electron chi connectivity index (χ4n) is 3.77. The number of amides is 1. The molecular weight excluding hydrogens is 360 g/mol. The van der Waals surface area contributed by atoms with Crippen molar-refractivity contribution < 1.29 is 9.53 Å². The van der Waals surface area contributed by atoms with E-state index >= 15 is 0 Å². The zero-order valence-corrected chi connectivity index (χ0v) is 16.2. The van der Waals surface area contributed by atoms with Gasteiger partial charge in [0.2, 0.25) is 0 Å². The third kappa shape index (κ3) is 3.42. The van der Waals surface area contributed by atoms with Gasteiger partial charge in [0.05, 0.1) is 12.1 Å². The number of aromatic nitrogens is 1. The maximum Gasteiger partial charge on any atom is 0.270 e. The largest absolute Gasteiger partial charge is 0.493 e. The highest BCUT2D eigenvalue weighted by atomic mass is 35.5. The van der Waals surface area contributed by atoms with Crippen molar-refractivity contribution in [3.05, 3.63) is 64.8 Å². The van der Waals surface area contributed by atoms with Gasteiger partial charge in [-0.3, -0.25) is 4.79 Å². The Balaban J connectivity index is 1.85. The molecule has 2 aromatic carbocycles. The molecular formula is C22H23ClN2O2. The summed E-state index contributed by atoms with van der Waals surface area (Å²) in [5.41, 5.74) is 2.68. The summed E-state index contributed by atoms with van der Waals surface area (Å²) in [6.45, 7) is 4.75. The first-order valence-electron chi connectivity index (χ1n) is 9.46. The second-order valence-electron chi connectivity index (χ2n) is 6.83. The van der Waals surface area contributed by atoms with Gasteiger partial charge in [-0.2, -0.15) is 0 Å². The molecule has 3 aromatic rings. The highest BCUT2D eigenvalue weighted by Gasteiger charge is 2.25. The number of ether oxygens (including phenoxy) is 1. The Hall–Kier alpha value is -2.46. The van der Waals surface area contributed by atoms with Gasteiger partial charge in [0, 0.05) is 30.0 Å². The molecule has 1 fully saturated rings. The van der Waals surface area contributed by atoms with Crippen molar-refractivity contribution in [3.63, 3.8) is 0 Å². The van der Waals surface area contributed by atoms with Crippen LogP contribution in [-0.4, -0.2) is 35.1 Å². The molecule has 1 aromatic heterocycles. The maximum atomic E-state index is 13.2. The van der Waals surface area contributed by atoms with Crippen LogP contribution in [0.25, 0.3) is 10.9 Å². The van der Waals surface area contributed by atoms with Gasteiger partial charge in [-0.25, -0.2) is 0 Å². The summed E-state index contributed by atoms with van der Waals surface area (Å²) in [4.78, 5) is 15.2. The molecule has 5 heteroatoms. The number of carbonyl (C=O) groups is 1. The predicted molar refractivity (Wildman–Crippen MR) is 109 cm³/mol. The van der Waals surface area contributed by atoms with Crippen LogP contribution in [0.3, 0.4) is 0 Å². The summed E-state index contributed by atoms with van der Waals surface area (Å²) in [5.74, 6) is 0.890. The average Bonchev–Trinajstić information content (AvgIpc) is 3.33. The average molecular weight is 383 g/mol. The SMILES string of the molecule is CCOc1cccc2c1cc(C(=O)N1CCCC1)n2Cc1ccccc1Cl. The zero-order chi connectivity index (χ0) is 18.8. The summed E-state index contributed by atoms with van der Waals surface area (Å²) in [6.07, 6.45) is 2.14. The van der Waals surface area contributed by atoms with E-state index in [0.717, 1.165) is 48.1 Å². The van der Waals surface area contributed by atoms with E-state index in [0.29, 0.717) is 23.9 Å². The molecule has 1 aliphatic heterocycles. The Morgan fingerprint density at radius 1 is 1.11 bits per heavy atom. The number of hydrogen-bond donors (Lipinski definition) is 0. The molecule has 1 aliphatic rings. The topological polar surface area (TPSA) is 34.5 Å². The molecule has 140 valence electrons. The number of carbonyl (C=O) groups excluding carboxylic acids is 1. The second-order valence-corrected chi connectivity index (χ2v) is 7.24. The van der Waals surface area contributed by atoms with Crippen molar-refractivity contribution in [1.82, 2.24) is 9.47 Å². The molecule has 27 heavy (non-hydrogen) atoms. The molecule has 0 saturated carbocycles. The number of halogens is 1. The normalized spacial score (nSPS) is 14.1. The monoisotopic (exact) mass is 382 g/mol. The Labute approximate surface area is 164 Å². The minimum atomic E-state index is 0.0817. The van der Waals surface area contributed by atoms with E-state index in [1.807, 2.05) is 60.4 Å². The Bertz CT molecular complexity index is 974. The first kappa shape index (κ1) is 17.9. The van der Waals surface area contributed by atoms with Crippen molar-refractivity contribution in [1.29, 1.82) is 0 Å². The van der Waals surface area contributed by atoms with Crippen molar-refractivity contribution in [2.24, 2.45) is 0 Å². The van der Waals surface area contributed by atoms with Crippen molar-refractivity contribution in [2.75, 3.05) is 19.7 Å². The molecule has 4 rings (SSSR count). The summed E-state index contributed by atoms with van der Waals surface area (Å²) in [6, 6.07) is 15.7. The smallest absolute Gasteiger partial charge is 0.270 e. The van der Waals surface area contributed by atoms with Crippen LogP contribution in [0.2, 0.25) is 5.02 Å². The number of fused-ring (bicyclic) bond motifs is 1. The lowest BCUT2D eigenvalue weighted by Crippen LogP contribution is -2.29. The lowest BCUT2D eigenvalue weighted by molar-refractivity contribution is 0.0783. The van der Waals surface area contributed by atoms with E-state index in [4.69, 9.17) is 16.3 Å². The molecule has 0 atom stereocenters. The molecule has 1 amide bonds. The molecule has 1 saturated heterocycles. The fourth-order valence-corrected chi connectivity index (χ4v) is 3.96. The van der Waals surface area contributed by atoms with Crippen LogP contribution in [0.15, 0.2) is 48.5 Å². The number of nitrogens with zero attached hydrogens (tertiary/aromatic N) is 2. The van der Waals surface area contributed by atoms with Crippen LogP contribution in [0, 0.1) is 0 Å². The Morgan fingerprint density at radius 2 is 1.89 bits per heavy atom. The molecule has 0 aliphatic carbocycles. The van der Waals surface area contributed by atoms with Gasteiger partial charge in [0.1, 0.15) is 11.4 Å². The van der Waals surface area contributed by atoms with Gasteiger partial charge in [0.15, 0.2) is 0 Å². The molecule has 0 unspecified atom stereocenters. The van der Waals surface area contributed by atoms with E-state index in [1.54, 1.807) is 0 Å². The van der Waals surface area contributed by atoms with E-state index in [2.05, 4.69) is 4.57 Å². The van der Waals surface area contributed by atoms with E-state index in [9.17, 15) is 4.79 Å². The predicted octanol–water partition coefficient (Wildman–Crippen LogP) is 4.98. The van der Waals surface area contributed by atoms with Crippen LogP contribution in [0.4, 0.5) is 0 Å². The van der Waals surface area contributed by atoms with Crippen LogP contribution in [0.5, 0.6) is 5.75 Å². The second kappa shape index (κ2) is 7.65. The van der Waals surface area contributed by atoms with Gasteiger partial charge in [-0.15, -0.1) is 0 Å². The standard InChI is InChI=1S/C22H23ClN2O2/c1-2-27-21-11-7-10-19-17(21)14-20(22(26)24-12-5-6-13-24)25(19)15-16-8-3-4-9-18(16)23/h3-4,7-11,14H,2,5-6,12-13,15H2,1H3. The van der Waals surface area contributed by atoms with Crippen molar-refractivity contribution >= 4 is 28.4 Å². The lowest BCUT2D eigenvalue weighted by atomic mass is 10.2. The van der Waals surface area contributed by atoms with Gasteiger partial charge in [-0.1, -0.05) is 35.9 Å². The van der Waals surface area contributed by atoms with E-state index in [-0.39, 0.29) is 5.91 Å². The highest BCUT2D eigenvalue weighted by Crippen LogP contribution is 2.31. The Kier molecular flexibility index (Phi) is 5.08. The number of hydrogen-bond acceptors (Lipinski definition) is 2. The van der Waals surface area contributed by atoms with Crippen molar-refractivity contribution in [2.45, 2.75) is 26.3 Å². The first-order valence-corrected chi connectivity index (χ1v) is 9.84. The van der Waals surface area contributed by atoms with Crippen LogP contribution in [-0.2, 0) is 6.54 Å². The molecule has 0 bridgehead atoms. The van der Waals surface area contributed by atoms with Gasteiger partial charge in [-0.05, 0) is 49.6 Å². The molecule has 0 N–H and O–H groups in total. The number of rotatable bonds is 5. The van der Waals surface area contributed by atoms with Gasteiger partial charge < -0.3 is 14.2 Å². The number of likely N-dealkylation sites (tertiary alicyclic amines) is 1.